The van der Waals surface area contributed by atoms with Gasteiger partial charge in [-0.25, -0.2) is 0 Å². The molecule has 1 heterocycles. The molecule has 1 aromatic heterocycles. The highest BCUT2D eigenvalue weighted by Gasteiger charge is 2.22. The summed E-state index contributed by atoms with van der Waals surface area (Å²) in [5, 5.41) is 10.8. The first-order valence-electron chi connectivity index (χ1n) is 17.0. The Kier molecular flexibility index (Phi) is 8.51. The second kappa shape index (κ2) is 13.2. The highest BCUT2D eigenvalue weighted by atomic mass is 31.1. The fourth-order valence-corrected chi connectivity index (χ4v) is 11.5. The first kappa shape index (κ1) is 31.5. The molecule has 0 unspecified atom stereocenters. The van der Waals surface area contributed by atoms with Gasteiger partial charge in [-0.3, -0.25) is 0 Å². The van der Waals surface area contributed by atoms with Crippen molar-refractivity contribution in [2.45, 2.75) is 26.2 Å². The molecule has 0 aliphatic rings. The smallest absolute Gasteiger partial charge is 0.0541 e. The summed E-state index contributed by atoms with van der Waals surface area (Å²) in [5.74, 6) is 0. The Balaban J connectivity index is 1.38. The second-order valence-corrected chi connectivity index (χ2v) is 18.0. The molecule has 0 atom stereocenters. The van der Waals surface area contributed by atoms with Crippen molar-refractivity contribution in [1.29, 1.82) is 0 Å². The van der Waals surface area contributed by atoms with Crippen LogP contribution in [-0.4, -0.2) is 4.57 Å². The molecule has 0 fully saturated rings. The Morgan fingerprint density at radius 1 is 0.367 bits per heavy atom. The number of fused-ring (bicyclic) bond motifs is 3. The third kappa shape index (κ3) is 6.15. The Labute approximate surface area is 292 Å². The van der Waals surface area contributed by atoms with E-state index >= 15 is 0 Å². The average molecular weight is 668 g/mol. The first-order valence-corrected chi connectivity index (χ1v) is 19.6. The normalized spacial score (nSPS) is 11.9. The number of hydrogen-bond donors (Lipinski definition) is 0. The Bertz CT molecular complexity index is 2120. The van der Waals surface area contributed by atoms with Crippen LogP contribution in [0.15, 0.2) is 182 Å². The molecule has 3 heteroatoms. The molecule has 0 aliphatic heterocycles. The van der Waals surface area contributed by atoms with Crippen LogP contribution in [0.5, 0.6) is 0 Å². The molecule has 8 rings (SSSR count). The van der Waals surface area contributed by atoms with Crippen LogP contribution in [0, 0.1) is 0 Å². The predicted molar refractivity (Wildman–Crippen MR) is 217 cm³/mol. The molecule has 7 aromatic carbocycles. The van der Waals surface area contributed by atoms with Crippen molar-refractivity contribution in [1.82, 2.24) is 4.57 Å². The van der Waals surface area contributed by atoms with Crippen molar-refractivity contribution < 1.29 is 0 Å². The van der Waals surface area contributed by atoms with Crippen LogP contribution in [0.4, 0.5) is 0 Å². The quantitative estimate of drug-likeness (QED) is 0.149. The molecule has 0 amide bonds. The maximum Gasteiger partial charge on any atom is 0.0541 e. The largest absolute Gasteiger partial charge is 0.309 e. The van der Waals surface area contributed by atoms with Gasteiger partial charge in [0.25, 0.3) is 0 Å². The van der Waals surface area contributed by atoms with Gasteiger partial charge < -0.3 is 4.57 Å². The van der Waals surface area contributed by atoms with Gasteiger partial charge in [0.2, 0.25) is 0 Å². The van der Waals surface area contributed by atoms with Crippen LogP contribution in [0.2, 0.25) is 0 Å². The second-order valence-electron chi connectivity index (χ2n) is 13.5. The maximum atomic E-state index is 2.49. The number of nitrogens with zero attached hydrogens (tertiary/aromatic N) is 1. The van der Waals surface area contributed by atoms with Crippen LogP contribution < -0.4 is 31.8 Å². The molecule has 0 saturated heterocycles. The number of benzene rings is 7. The van der Waals surface area contributed by atoms with E-state index in [1.54, 1.807) is 0 Å². The predicted octanol–water partition coefficient (Wildman–Crippen LogP) is 9.60. The fraction of sp³-hybridized carbons (Fsp3) is 0.0870. The van der Waals surface area contributed by atoms with Crippen molar-refractivity contribution in [2.75, 3.05) is 0 Å². The van der Waals surface area contributed by atoms with Crippen molar-refractivity contribution in [3.05, 3.63) is 188 Å². The van der Waals surface area contributed by atoms with E-state index in [0.717, 1.165) is 0 Å². The van der Waals surface area contributed by atoms with E-state index in [0.29, 0.717) is 0 Å². The number of hydrogen-bond acceptors (Lipinski definition) is 0. The monoisotopic (exact) mass is 667 g/mol. The molecule has 0 bridgehead atoms. The zero-order valence-corrected chi connectivity index (χ0v) is 30.0. The summed E-state index contributed by atoms with van der Waals surface area (Å²) in [5.41, 5.74) is 5.10. The third-order valence-corrected chi connectivity index (χ3v) is 14.1. The lowest BCUT2D eigenvalue weighted by atomic mass is 9.87. The van der Waals surface area contributed by atoms with Gasteiger partial charge in [-0.05, 0) is 95.0 Å². The molecular formula is C46H39NP2. The molecule has 0 spiro atoms. The molecule has 49 heavy (non-hydrogen) atoms. The van der Waals surface area contributed by atoms with E-state index in [1.165, 1.54) is 64.9 Å². The first-order chi connectivity index (χ1) is 24.0. The Morgan fingerprint density at radius 3 is 1.04 bits per heavy atom. The van der Waals surface area contributed by atoms with Gasteiger partial charge in [0.05, 0.1) is 11.0 Å². The molecule has 1 nitrogen and oxygen atoms in total. The minimum atomic E-state index is -0.735. The van der Waals surface area contributed by atoms with Crippen molar-refractivity contribution in [3.8, 4) is 5.69 Å². The van der Waals surface area contributed by atoms with Crippen LogP contribution in [0.1, 0.15) is 26.3 Å². The van der Waals surface area contributed by atoms with Crippen LogP contribution in [-0.2, 0) is 5.41 Å². The SMILES string of the molecule is CC(C)(C)c1ccc(-n2c3ccc(P(c4ccccc4)c4ccccc4)cc3c3cc(P(c4ccccc4)c4ccccc4)ccc32)cc1. The maximum absolute atomic E-state index is 2.49. The van der Waals surface area contributed by atoms with Gasteiger partial charge >= 0.3 is 0 Å². The van der Waals surface area contributed by atoms with Crippen molar-refractivity contribution >= 4 is 69.5 Å². The Morgan fingerprint density at radius 2 is 0.714 bits per heavy atom. The molecule has 8 aromatic rings. The van der Waals surface area contributed by atoms with Gasteiger partial charge in [0.1, 0.15) is 0 Å². The highest BCUT2D eigenvalue weighted by Crippen LogP contribution is 2.40. The molecule has 0 saturated carbocycles. The van der Waals surface area contributed by atoms with Crippen LogP contribution in [0.25, 0.3) is 27.5 Å². The summed E-state index contributed by atoms with van der Waals surface area (Å²) in [6, 6.07) is 67.7. The zero-order chi connectivity index (χ0) is 33.4. The van der Waals surface area contributed by atoms with Gasteiger partial charge in [0, 0.05) is 16.5 Å². The Hall–Kier alpha value is -4.80. The van der Waals surface area contributed by atoms with Crippen LogP contribution >= 0.6 is 15.8 Å². The standard InChI is InChI=1S/C46H39NP2/c1-46(2,3)34-24-26-35(27-25-34)47-44-30-28-40(48(36-16-8-4-9-17-36)37-18-10-5-11-19-37)32-42(44)43-33-41(29-31-45(43)47)49(38-20-12-6-13-21-38)39-22-14-7-15-23-39/h4-33H,1-3H3. The highest BCUT2D eigenvalue weighted by molar-refractivity contribution is 7.80. The summed E-state index contributed by atoms with van der Waals surface area (Å²) >= 11 is 0. The van der Waals surface area contributed by atoms with E-state index in [9.17, 15) is 0 Å². The molecule has 0 radical (unpaired) electrons. The minimum absolute atomic E-state index is 0.0985. The lowest BCUT2D eigenvalue weighted by molar-refractivity contribution is 0.590. The summed E-state index contributed by atoms with van der Waals surface area (Å²) in [7, 11) is -1.47. The molecule has 0 N–H and O–H groups in total. The van der Waals surface area contributed by atoms with E-state index in [4.69, 9.17) is 0 Å². The van der Waals surface area contributed by atoms with E-state index in [2.05, 4.69) is 207 Å². The molecule has 0 aliphatic carbocycles. The summed E-state index contributed by atoms with van der Waals surface area (Å²) in [6.07, 6.45) is 0. The lowest BCUT2D eigenvalue weighted by Gasteiger charge is -2.20. The van der Waals surface area contributed by atoms with Gasteiger partial charge in [-0.1, -0.05) is 166 Å². The number of aromatic nitrogens is 1. The van der Waals surface area contributed by atoms with E-state index in [1.807, 2.05) is 0 Å². The minimum Gasteiger partial charge on any atom is -0.309 e. The average Bonchev–Trinajstić information content (AvgIpc) is 3.46. The lowest BCUT2D eigenvalue weighted by Crippen LogP contribution is -2.20. The molecule has 238 valence electrons. The van der Waals surface area contributed by atoms with Gasteiger partial charge in [-0.2, -0.15) is 0 Å². The van der Waals surface area contributed by atoms with Gasteiger partial charge in [0.15, 0.2) is 0 Å². The van der Waals surface area contributed by atoms with E-state index in [-0.39, 0.29) is 5.41 Å². The summed E-state index contributed by atoms with van der Waals surface area (Å²) < 4.78 is 2.46. The summed E-state index contributed by atoms with van der Waals surface area (Å²) in [4.78, 5) is 0. The van der Waals surface area contributed by atoms with Gasteiger partial charge in [-0.15, -0.1) is 0 Å². The topological polar surface area (TPSA) is 4.93 Å². The van der Waals surface area contributed by atoms with Crippen molar-refractivity contribution in [3.63, 3.8) is 0 Å². The fourth-order valence-electron chi connectivity index (χ4n) is 6.87. The summed E-state index contributed by atoms with van der Waals surface area (Å²) in [6.45, 7) is 6.84. The molecular weight excluding hydrogens is 628 g/mol. The number of rotatable bonds is 7. The van der Waals surface area contributed by atoms with Crippen LogP contribution in [0.3, 0.4) is 0 Å². The van der Waals surface area contributed by atoms with Crippen molar-refractivity contribution in [2.24, 2.45) is 0 Å². The zero-order valence-electron chi connectivity index (χ0n) is 28.2. The van der Waals surface area contributed by atoms with E-state index < -0.39 is 15.8 Å². The third-order valence-electron chi connectivity index (χ3n) is 9.30.